The molecule has 0 amide bonds. The van der Waals surface area contributed by atoms with Crippen LogP contribution in [0.15, 0.2) is 225 Å². The molecule has 0 aliphatic carbocycles. The summed E-state index contributed by atoms with van der Waals surface area (Å²) in [6.07, 6.45) is 2.03. The fourth-order valence-corrected chi connectivity index (χ4v) is 11.9. The molecule has 0 fully saturated rings. The zero-order valence-electron chi connectivity index (χ0n) is 44.1. The van der Waals surface area contributed by atoms with Gasteiger partial charge >= 0.3 is 296 Å². The number of aromatic nitrogens is 3. The molecule has 11 aromatic rings. The van der Waals surface area contributed by atoms with E-state index >= 15 is 0 Å². The number of hydrogen-bond donors (Lipinski definition) is 0. The third-order valence-corrected chi connectivity index (χ3v) is 15.9. The summed E-state index contributed by atoms with van der Waals surface area (Å²) in [4.78, 5) is 7.57. The molecule has 0 saturated carbocycles. The van der Waals surface area contributed by atoms with Crippen molar-refractivity contribution in [3.63, 3.8) is 0 Å². The van der Waals surface area contributed by atoms with Gasteiger partial charge in [-0.1, -0.05) is 96.1 Å². The van der Waals surface area contributed by atoms with E-state index in [0.29, 0.717) is 6.54 Å². The Morgan fingerprint density at radius 2 is 1.00 bits per heavy atom. The Bertz CT molecular complexity index is 3960. The monoisotopic (exact) mass is 1170 g/mol. The number of aryl methyl sites for hydroxylation is 1. The van der Waals surface area contributed by atoms with Crippen molar-refractivity contribution in [3.05, 3.63) is 251 Å². The van der Waals surface area contributed by atoms with Gasteiger partial charge in [0.2, 0.25) is 0 Å². The fourth-order valence-electron chi connectivity index (χ4n) is 10.8. The van der Waals surface area contributed by atoms with Crippen LogP contribution in [-0.2, 0) is 36.7 Å². The standard InChI is InChI=1S/C70H60N4O.Pt/c1-47-37-67(71-44-63(47)50-25-15-10-16-26-50)72-45-53-38-51(52-39-54(69(2,3)4)41-55(40-52)70(5,6)7)33-35-59(53)62-36-34-58(43-66(62)72)75-57-28-19-27-56(42-57)73-46-74(65-32-18-17-31-64(65)73)68-60(48-21-11-8-12-22-48)29-20-30-61(68)49-23-13-9-14-24-49;/h8-44H,45H2,1-7H3;. The minimum atomic E-state index is 0.0111. The van der Waals surface area contributed by atoms with Gasteiger partial charge in [0.1, 0.15) is 0 Å². The van der Waals surface area contributed by atoms with E-state index in [4.69, 9.17) is 9.72 Å². The van der Waals surface area contributed by atoms with Gasteiger partial charge in [-0.15, -0.1) is 0 Å². The van der Waals surface area contributed by atoms with E-state index in [9.17, 15) is 0 Å². The molecule has 12 rings (SSSR count). The van der Waals surface area contributed by atoms with E-state index in [1.165, 1.54) is 38.9 Å². The molecule has 0 saturated heterocycles. The molecule has 0 bridgehead atoms. The second-order valence-electron chi connectivity index (χ2n) is 22.1. The van der Waals surface area contributed by atoms with Gasteiger partial charge in [0.15, 0.2) is 0 Å². The molecule has 6 heteroatoms. The van der Waals surface area contributed by atoms with Gasteiger partial charge in [0.05, 0.1) is 0 Å². The molecular formula is C70H60N4OPt. The maximum absolute atomic E-state index is 6.96. The number of rotatable bonds is 9. The molecule has 0 N–H and O–H groups in total. The number of anilines is 2. The molecule has 9 aromatic carbocycles. The minimum absolute atomic E-state index is 0.0111. The van der Waals surface area contributed by atoms with Gasteiger partial charge in [0, 0.05) is 11.8 Å². The normalized spacial score (nSPS) is 12.4. The molecule has 76 heavy (non-hydrogen) atoms. The van der Waals surface area contributed by atoms with Crippen molar-refractivity contribution in [1.82, 2.24) is 14.1 Å². The average molecular weight is 1170 g/mol. The summed E-state index contributed by atoms with van der Waals surface area (Å²) in [7, 11) is 0. The van der Waals surface area contributed by atoms with Crippen LogP contribution in [0.4, 0.5) is 11.5 Å². The smallest absolute Gasteiger partial charge is 0.0622 e. The van der Waals surface area contributed by atoms with Crippen LogP contribution in [0.3, 0.4) is 0 Å². The number of benzene rings is 9. The third kappa shape index (κ3) is 9.17. The van der Waals surface area contributed by atoms with E-state index in [0.717, 1.165) is 88.2 Å². The Kier molecular flexibility index (Phi) is 12.6. The van der Waals surface area contributed by atoms with Crippen LogP contribution in [0.1, 0.15) is 63.8 Å². The van der Waals surface area contributed by atoms with Crippen molar-refractivity contribution in [1.29, 1.82) is 0 Å². The minimum Gasteiger partial charge on any atom is -0.0622 e. The molecule has 0 radical (unpaired) electrons. The molecule has 1 aliphatic rings. The Morgan fingerprint density at radius 1 is 0.447 bits per heavy atom. The molecule has 0 spiro atoms. The zero-order valence-corrected chi connectivity index (χ0v) is 46.4. The molecule has 3 heterocycles. The predicted molar refractivity (Wildman–Crippen MR) is 312 cm³/mol. The van der Waals surface area contributed by atoms with Crippen molar-refractivity contribution in [2.24, 2.45) is 0 Å². The molecular weight excluding hydrogens is 1110 g/mol. The zero-order chi connectivity index (χ0) is 52.3. The van der Waals surface area contributed by atoms with Crippen molar-refractivity contribution in [2.75, 3.05) is 4.90 Å². The molecule has 0 unspecified atom stereocenters. The van der Waals surface area contributed by atoms with E-state index in [1.807, 2.05) is 6.20 Å². The molecule has 5 nitrogen and oxygen atoms in total. The van der Waals surface area contributed by atoms with E-state index in [1.54, 1.807) is 0 Å². The van der Waals surface area contributed by atoms with E-state index in [-0.39, 0.29) is 10.8 Å². The van der Waals surface area contributed by atoms with Crippen LogP contribution in [0.25, 0.3) is 78.0 Å². The number of imidazole rings is 1. The Labute approximate surface area is 457 Å². The first-order chi connectivity index (χ1) is 36.8. The van der Waals surface area contributed by atoms with Crippen LogP contribution in [-0.4, -0.2) is 14.1 Å². The second-order valence-corrected chi connectivity index (χ2v) is 23.1. The van der Waals surface area contributed by atoms with Gasteiger partial charge in [-0.3, -0.25) is 0 Å². The number of para-hydroxylation sites is 3. The van der Waals surface area contributed by atoms with Gasteiger partial charge in [-0.05, 0) is 57.2 Å². The first kappa shape index (κ1) is 48.8. The summed E-state index contributed by atoms with van der Waals surface area (Å²) in [5, 5.41) is 0. The SMILES string of the molecule is Cc1cc(N2Cc3cc(-c4cc(C(C)(C)C)cc(C(C)(C)C)c4)ccc3-c3ccc(Oc4cccc(-n5[c](=[Pt])n(-c6c(-c7ccccc7)cccc6-c6ccccc6)c6ccccc65)c4)cc32)ncc1-c1ccccc1. The quantitative estimate of drug-likeness (QED) is 0.144. The van der Waals surface area contributed by atoms with Crippen LogP contribution < -0.4 is 9.64 Å². The average Bonchev–Trinajstić information content (AvgIpc) is 3.83. The van der Waals surface area contributed by atoms with Crippen molar-refractivity contribution < 1.29 is 24.1 Å². The number of fused-ring (bicyclic) bond motifs is 4. The molecule has 1 aliphatic heterocycles. The summed E-state index contributed by atoms with van der Waals surface area (Å²) < 4.78 is 12.8. The van der Waals surface area contributed by atoms with Crippen LogP contribution in [0, 0.1) is 10.7 Å². The van der Waals surface area contributed by atoms with Crippen LogP contribution in [0.2, 0.25) is 0 Å². The summed E-state index contributed by atoms with van der Waals surface area (Å²) in [5.41, 5.74) is 22.3. The second kappa shape index (κ2) is 19.5. The van der Waals surface area contributed by atoms with Crippen molar-refractivity contribution in [3.8, 4) is 78.5 Å². The van der Waals surface area contributed by atoms with Gasteiger partial charge in [-0.25, -0.2) is 0 Å². The topological polar surface area (TPSA) is 35.2 Å². The Balaban J connectivity index is 0.954. The summed E-state index contributed by atoms with van der Waals surface area (Å²) in [6.45, 7) is 16.7. The summed E-state index contributed by atoms with van der Waals surface area (Å²) >= 11 is 2.51. The van der Waals surface area contributed by atoms with Crippen LogP contribution >= 0.6 is 0 Å². The van der Waals surface area contributed by atoms with Crippen molar-refractivity contribution >= 4 is 22.5 Å². The molecule has 0 atom stereocenters. The van der Waals surface area contributed by atoms with Crippen molar-refractivity contribution in [2.45, 2.75) is 65.8 Å². The number of pyridine rings is 1. The van der Waals surface area contributed by atoms with Crippen LogP contribution in [0.5, 0.6) is 11.5 Å². The van der Waals surface area contributed by atoms with Gasteiger partial charge < -0.3 is 0 Å². The van der Waals surface area contributed by atoms with Gasteiger partial charge in [-0.2, -0.15) is 0 Å². The molecule has 376 valence electrons. The number of ether oxygens (including phenoxy) is 1. The third-order valence-electron chi connectivity index (χ3n) is 14.9. The Hall–Kier alpha value is -8.11. The summed E-state index contributed by atoms with van der Waals surface area (Å²) in [5.74, 6) is 2.39. The first-order valence-corrected chi connectivity index (χ1v) is 27.3. The van der Waals surface area contributed by atoms with E-state index < -0.39 is 0 Å². The maximum atomic E-state index is 6.96. The number of hydrogen-bond acceptors (Lipinski definition) is 3. The predicted octanol–water partition coefficient (Wildman–Crippen LogP) is 18.6. The van der Waals surface area contributed by atoms with E-state index in [2.05, 4.69) is 300 Å². The first-order valence-electron chi connectivity index (χ1n) is 26.2. The fraction of sp³-hybridized carbons (Fsp3) is 0.143. The summed E-state index contributed by atoms with van der Waals surface area (Å²) in [6, 6.07) is 78.7. The molecule has 2 aromatic heterocycles. The Morgan fingerprint density at radius 3 is 1.61 bits per heavy atom. The van der Waals surface area contributed by atoms with Gasteiger partial charge in [0.25, 0.3) is 0 Å². The number of nitrogens with zero attached hydrogens (tertiary/aromatic N) is 4.